The lowest BCUT2D eigenvalue weighted by Gasteiger charge is -2.39. The first-order valence-electron chi connectivity index (χ1n) is 10.7. The topological polar surface area (TPSA) is 45.2 Å². The van der Waals surface area contributed by atoms with E-state index in [2.05, 4.69) is 9.64 Å². The van der Waals surface area contributed by atoms with Crippen LogP contribution in [-0.4, -0.2) is 85.8 Å². The first kappa shape index (κ1) is 26.7. The van der Waals surface area contributed by atoms with Gasteiger partial charge in [-0.3, -0.25) is 4.90 Å². The molecule has 13 heteroatoms. The molecule has 1 aromatic carbocycles. The SMILES string of the molecule is CC1CN(c2cc(Cl)ccc2CN2CCN(C(=O)OC(C(F)(F)F)C(F)(F)F)CC2)CC(C)O1. The van der Waals surface area contributed by atoms with Crippen molar-refractivity contribution in [1.82, 2.24) is 9.80 Å². The van der Waals surface area contributed by atoms with Gasteiger partial charge >= 0.3 is 18.4 Å². The lowest BCUT2D eigenvalue weighted by molar-refractivity contribution is -0.308. The number of halogens is 7. The molecule has 0 radical (unpaired) electrons. The van der Waals surface area contributed by atoms with E-state index in [4.69, 9.17) is 16.3 Å². The first-order chi connectivity index (χ1) is 15.7. The summed E-state index contributed by atoms with van der Waals surface area (Å²) >= 11 is 6.22. The number of carbonyl (C=O) groups excluding carboxylic acids is 1. The van der Waals surface area contributed by atoms with E-state index in [1.807, 2.05) is 30.9 Å². The highest BCUT2D eigenvalue weighted by atomic mass is 35.5. The van der Waals surface area contributed by atoms with Gasteiger partial charge in [0.25, 0.3) is 6.10 Å². The molecule has 6 nitrogen and oxygen atoms in total. The number of rotatable bonds is 4. The third-order valence-corrected chi connectivity index (χ3v) is 5.88. The number of piperazine rings is 1. The molecule has 2 heterocycles. The molecule has 1 amide bonds. The maximum absolute atomic E-state index is 12.7. The Bertz CT molecular complexity index is 837. The second-order valence-electron chi connectivity index (χ2n) is 8.55. The number of alkyl halides is 6. The number of morpholine rings is 1. The van der Waals surface area contributed by atoms with Gasteiger partial charge in [0.2, 0.25) is 0 Å². The van der Waals surface area contributed by atoms with Gasteiger partial charge in [0.05, 0.1) is 12.2 Å². The summed E-state index contributed by atoms with van der Waals surface area (Å²) in [7, 11) is 0. The van der Waals surface area contributed by atoms with Crippen molar-refractivity contribution >= 4 is 23.4 Å². The van der Waals surface area contributed by atoms with E-state index >= 15 is 0 Å². The summed E-state index contributed by atoms with van der Waals surface area (Å²) in [5.74, 6) is 0. The van der Waals surface area contributed by atoms with E-state index in [9.17, 15) is 31.1 Å². The van der Waals surface area contributed by atoms with Gasteiger partial charge in [-0.25, -0.2) is 4.79 Å². The zero-order valence-electron chi connectivity index (χ0n) is 18.6. The van der Waals surface area contributed by atoms with Crippen molar-refractivity contribution in [2.24, 2.45) is 0 Å². The van der Waals surface area contributed by atoms with Crippen LogP contribution in [0.1, 0.15) is 19.4 Å². The normalized spacial score (nSPS) is 22.9. The Morgan fingerprint density at radius 3 is 2.15 bits per heavy atom. The third-order valence-electron chi connectivity index (χ3n) is 5.65. The number of hydrogen-bond acceptors (Lipinski definition) is 5. The van der Waals surface area contributed by atoms with Gasteiger partial charge in [-0.1, -0.05) is 17.7 Å². The van der Waals surface area contributed by atoms with Crippen molar-refractivity contribution in [2.75, 3.05) is 44.2 Å². The zero-order valence-corrected chi connectivity index (χ0v) is 19.4. The van der Waals surface area contributed by atoms with E-state index in [0.29, 0.717) is 24.7 Å². The Balaban J connectivity index is 1.62. The summed E-state index contributed by atoms with van der Waals surface area (Å²) < 4.78 is 85.6. The molecule has 0 bridgehead atoms. The molecule has 192 valence electrons. The molecule has 2 atom stereocenters. The highest BCUT2D eigenvalue weighted by molar-refractivity contribution is 6.30. The average molecular weight is 518 g/mol. The number of nitrogens with zero attached hydrogens (tertiary/aromatic N) is 3. The van der Waals surface area contributed by atoms with Gasteiger partial charge in [-0.05, 0) is 31.5 Å². The smallest absolute Gasteiger partial charge is 0.426 e. The minimum absolute atomic E-state index is 0.0300. The van der Waals surface area contributed by atoms with Crippen LogP contribution in [0.3, 0.4) is 0 Å². The molecule has 2 aliphatic heterocycles. The minimum atomic E-state index is -5.74. The van der Waals surface area contributed by atoms with Crippen LogP contribution >= 0.6 is 11.6 Å². The van der Waals surface area contributed by atoms with Crippen LogP contribution in [0.15, 0.2) is 18.2 Å². The molecule has 0 aliphatic carbocycles. The van der Waals surface area contributed by atoms with Crippen molar-refractivity contribution < 1.29 is 40.6 Å². The van der Waals surface area contributed by atoms with Crippen LogP contribution in [0.25, 0.3) is 0 Å². The molecule has 2 fully saturated rings. The van der Waals surface area contributed by atoms with Crippen molar-refractivity contribution in [3.63, 3.8) is 0 Å². The summed E-state index contributed by atoms with van der Waals surface area (Å²) in [6, 6.07) is 5.51. The summed E-state index contributed by atoms with van der Waals surface area (Å²) in [6.45, 7) is 6.19. The van der Waals surface area contributed by atoms with E-state index in [1.54, 1.807) is 6.07 Å². The maximum atomic E-state index is 12.7. The van der Waals surface area contributed by atoms with Crippen molar-refractivity contribution in [1.29, 1.82) is 0 Å². The standard InChI is InChI=1S/C21H26ClF6N3O3/c1-13-10-31(11-14(2)33-13)17-9-16(22)4-3-15(17)12-29-5-7-30(8-6-29)19(32)34-18(20(23,24)25)21(26,27)28/h3-4,9,13-14,18H,5-8,10-12H2,1-2H3. The van der Waals surface area contributed by atoms with Gasteiger partial charge in [-0.15, -0.1) is 0 Å². The second kappa shape index (κ2) is 10.4. The highest BCUT2D eigenvalue weighted by Crippen LogP contribution is 2.36. The molecule has 2 unspecified atom stereocenters. The van der Waals surface area contributed by atoms with Crippen LogP contribution in [0.4, 0.5) is 36.8 Å². The third kappa shape index (κ3) is 6.82. The molecule has 2 aliphatic rings. The zero-order chi connectivity index (χ0) is 25.3. The first-order valence-corrected chi connectivity index (χ1v) is 11.1. The molecule has 34 heavy (non-hydrogen) atoms. The summed E-state index contributed by atoms with van der Waals surface area (Å²) in [5.41, 5.74) is 1.91. The predicted molar refractivity (Wildman–Crippen MR) is 113 cm³/mol. The molecular formula is C21H26ClF6N3O3. The number of benzene rings is 1. The maximum Gasteiger partial charge on any atom is 0.434 e. The molecule has 3 rings (SSSR count). The molecule has 0 aromatic heterocycles. The van der Waals surface area contributed by atoms with Crippen molar-refractivity contribution in [2.45, 2.75) is 51.1 Å². The largest absolute Gasteiger partial charge is 0.434 e. The quantitative estimate of drug-likeness (QED) is 0.542. The average Bonchev–Trinajstić information content (AvgIpc) is 2.71. The lowest BCUT2D eigenvalue weighted by atomic mass is 10.1. The molecule has 0 N–H and O–H groups in total. The fraction of sp³-hybridized carbons (Fsp3) is 0.667. The number of carbonyl (C=O) groups is 1. The van der Waals surface area contributed by atoms with Crippen LogP contribution in [-0.2, 0) is 16.0 Å². The molecule has 0 spiro atoms. The number of anilines is 1. The Kier molecular flexibility index (Phi) is 8.14. The summed E-state index contributed by atoms with van der Waals surface area (Å²) in [6.07, 6.45) is -17.2. The van der Waals surface area contributed by atoms with Crippen LogP contribution in [0.5, 0.6) is 0 Å². The number of hydrogen-bond donors (Lipinski definition) is 0. The van der Waals surface area contributed by atoms with Gasteiger partial charge in [0.1, 0.15) is 0 Å². The Morgan fingerprint density at radius 2 is 1.62 bits per heavy atom. The van der Waals surface area contributed by atoms with Crippen molar-refractivity contribution in [3.8, 4) is 0 Å². The Labute approximate surface area is 198 Å². The monoisotopic (exact) mass is 517 g/mol. The van der Waals surface area contributed by atoms with E-state index in [1.165, 1.54) is 0 Å². The van der Waals surface area contributed by atoms with Gasteiger partial charge in [-0.2, -0.15) is 26.3 Å². The summed E-state index contributed by atoms with van der Waals surface area (Å²) in [5, 5.41) is 0.571. The minimum Gasteiger partial charge on any atom is -0.426 e. The van der Waals surface area contributed by atoms with E-state index in [-0.39, 0.29) is 38.4 Å². The fourth-order valence-electron chi connectivity index (χ4n) is 4.16. The second-order valence-corrected chi connectivity index (χ2v) is 8.98. The van der Waals surface area contributed by atoms with E-state index < -0.39 is 24.5 Å². The number of amides is 1. The summed E-state index contributed by atoms with van der Waals surface area (Å²) in [4.78, 5) is 17.0. The highest BCUT2D eigenvalue weighted by Gasteiger charge is 2.60. The van der Waals surface area contributed by atoms with Gasteiger partial charge in [0, 0.05) is 56.5 Å². The molecular weight excluding hydrogens is 492 g/mol. The number of ether oxygens (including phenoxy) is 2. The van der Waals surface area contributed by atoms with Crippen LogP contribution in [0, 0.1) is 0 Å². The lowest BCUT2D eigenvalue weighted by Crippen LogP contribution is -2.52. The molecule has 0 saturated carbocycles. The molecule has 2 saturated heterocycles. The molecule has 1 aromatic rings. The predicted octanol–water partition coefficient (Wildman–Crippen LogP) is 4.70. The van der Waals surface area contributed by atoms with Gasteiger partial charge in [0.15, 0.2) is 0 Å². The van der Waals surface area contributed by atoms with Crippen LogP contribution < -0.4 is 4.90 Å². The Morgan fingerprint density at radius 1 is 1.06 bits per heavy atom. The van der Waals surface area contributed by atoms with Crippen LogP contribution in [0.2, 0.25) is 5.02 Å². The van der Waals surface area contributed by atoms with Gasteiger partial charge < -0.3 is 19.3 Å². The fourth-order valence-corrected chi connectivity index (χ4v) is 4.33. The van der Waals surface area contributed by atoms with Crippen molar-refractivity contribution in [3.05, 3.63) is 28.8 Å². The van der Waals surface area contributed by atoms with E-state index in [0.717, 1.165) is 16.2 Å². The Hall–Kier alpha value is -1.92.